The van der Waals surface area contributed by atoms with Gasteiger partial charge in [0.1, 0.15) is 5.75 Å². The number of thioether (sulfide) groups is 1. The average Bonchev–Trinajstić information content (AvgIpc) is 3.06. The second kappa shape index (κ2) is 10.4. The van der Waals surface area contributed by atoms with E-state index in [9.17, 15) is 4.79 Å². The highest BCUT2D eigenvalue weighted by atomic mass is 32.2. The summed E-state index contributed by atoms with van der Waals surface area (Å²) >= 11 is 2.81. The summed E-state index contributed by atoms with van der Waals surface area (Å²) in [6.07, 6.45) is 2.11. The van der Waals surface area contributed by atoms with E-state index in [1.807, 2.05) is 31.2 Å². The van der Waals surface area contributed by atoms with Crippen LogP contribution in [0.2, 0.25) is 0 Å². The fraction of sp³-hybridized carbons (Fsp3) is 0.500. The van der Waals surface area contributed by atoms with Gasteiger partial charge in [0.25, 0.3) is 0 Å². The predicted molar refractivity (Wildman–Crippen MR) is 109 cm³/mol. The molecule has 0 aliphatic rings. The molecule has 0 aliphatic heterocycles. The van der Waals surface area contributed by atoms with Gasteiger partial charge >= 0.3 is 0 Å². The van der Waals surface area contributed by atoms with E-state index in [2.05, 4.69) is 34.7 Å². The van der Waals surface area contributed by atoms with Crippen molar-refractivity contribution in [2.45, 2.75) is 44.0 Å². The highest BCUT2D eigenvalue weighted by Gasteiger charge is 2.12. The maximum absolute atomic E-state index is 12.0. The molecule has 26 heavy (non-hydrogen) atoms. The number of nitrogens with one attached hydrogen (secondary N) is 2. The third kappa shape index (κ3) is 6.84. The predicted octanol–water partition coefficient (Wildman–Crippen LogP) is 4.32. The zero-order valence-corrected chi connectivity index (χ0v) is 17.2. The second-order valence-corrected chi connectivity index (χ2v) is 8.63. The van der Waals surface area contributed by atoms with Crippen molar-refractivity contribution in [3.63, 3.8) is 0 Å². The number of ether oxygens (including phenoxy) is 1. The summed E-state index contributed by atoms with van der Waals surface area (Å²) < 4.78 is 6.07. The quantitative estimate of drug-likeness (QED) is 0.584. The van der Waals surface area contributed by atoms with Crippen LogP contribution in [-0.4, -0.2) is 35.0 Å². The largest absolute Gasteiger partial charge is 0.495 e. The summed E-state index contributed by atoms with van der Waals surface area (Å²) in [5.41, 5.74) is 0.833. The van der Waals surface area contributed by atoms with Crippen molar-refractivity contribution >= 4 is 39.8 Å². The number of rotatable bonds is 10. The Hall–Kier alpha value is -1.80. The third-order valence-electron chi connectivity index (χ3n) is 3.67. The van der Waals surface area contributed by atoms with Crippen LogP contribution in [0.15, 0.2) is 28.6 Å². The lowest BCUT2D eigenvalue weighted by Crippen LogP contribution is -2.33. The second-order valence-electron chi connectivity index (χ2n) is 6.43. The topological polar surface area (TPSA) is 76.1 Å². The summed E-state index contributed by atoms with van der Waals surface area (Å²) in [4.78, 5) is 12.0. The number of nitrogens with zero attached hydrogens (tertiary/aromatic N) is 2. The minimum Gasteiger partial charge on any atom is -0.495 e. The average molecular weight is 395 g/mol. The van der Waals surface area contributed by atoms with Gasteiger partial charge in [-0.25, -0.2) is 0 Å². The molecule has 1 atom stereocenters. The SMILES string of the molecule is COc1ccccc1Nc1nnc(SCC(=O)NC(C)CCC(C)C)s1. The number of amides is 1. The third-order valence-corrected chi connectivity index (χ3v) is 5.64. The Morgan fingerprint density at radius 1 is 1.23 bits per heavy atom. The van der Waals surface area contributed by atoms with Crippen LogP contribution in [0.25, 0.3) is 0 Å². The number of aromatic nitrogens is 2. The number of methoxy groups -OCH3 is 1. The van der Waals surface area contributed by atoms with Gasteiger partial charge < -0.3 is 15.4 Å². The van der Waals surface area contributed by atoms with Gasteiger partial charge in [-0.05, 0) is 37.8 Å². The van der Waals surface area contributed by atoms with Crippen molar-refractivity contribution in [3.05, 3.63) is 24.3 Å². The summed E-state index contributed by atoms with van der Waals surface area (Å²) in [5, 5.41) is 15.1. The van der Waals surface area contributed by atoms with E-state index >= 15 is 0 Å². The number of carbonyl (C=O) groups is 1. The highest BCUT2D eigenvalue weighted by Crippen LogP contribution is 2.31. The molecule has 0 aliphatic carbocycles. The zero-order chi connectivity index (χ0) is 18.9. The zero-order valence-electron chi connectivity index (χ0n) is 15.6. The van der Waals surface area contributed by atoms with E-state index in [1.165, 1.54) is 23.1 Å². The van der Waals surface area contributed by atoms with Crippen molar-refractivity contribution in [2.24, 2.45) is 5.92 Å². The standard InChI is InChI=1S/C18H26N4O2S2/c1-12(2)9-10-13(3)19-16(23)11-25-18-22-21-17(26-18)20-14-7-5-6-8-15(14)24-4/h5-8,12-13H,9-11H2,1-4H3,(H,19,23)(H,20,21). The summed E-state index contributed by atoms with van der Waals surface area (Å²) in [7, 11) is 1.63. The minimum atomic E-state index is 0.0284. The van der Waals surface area contributed by atoms with Crippen LogP contribution < -0.4 is 15.4 Å². The van der Waals surface area contributed by atoms with Crippen LogP contribution in [0.3, 0.4) is 0 Å². The van der Waals surface area contributed by atoms with Crippen LogP contribution in [-0.2, 0) is 4.79 Å². The summed E-state index contributed by atoms with van der Waals surface area (Å²) in [6, 6.07) is 7.82. The first-order valence-corrected chi connectivity index (χ1v) is 10.4. The molecule has 1 amide bonds. The molecule has 2 aromatic rings. The smallest absolute Gasteiger partial charge is 0.230 e. The molecule has 0 radical (unpaired) electrons. The van der Waals surface area contributed by atoms with Crippen LogP contribution in [0.1, 0.15) is 33.6 Å². The van der Waals surface area contributed by atoms with Gasteiger partial charge in [-0.2, -0.15) is 0 Å². The molecule has 1 heterocycles. The van der Waals surface area contributed by atoms with Crippen molar-refractivity contribution in [1.29, 1.82) is 0 Å². The van der Waals surface area contributed by atoms with Crippen LogP contribution in [0.5, 0.6) is 5.75 Å². The van der Waals surface area contributed by atoms with Gasteiger partial charge in [-0.15, -0.1) is 10.2 Å². The maximum Gasteiger partial charge on any atom is 0.230 e. The molecule has 1 aromatic carbocycles. The molecule has 1 unspecified atom stereocenters. The molecule has 2 N–H and O–H groups in total. The Bertz CT molecular complexity index is 706. The van der Waals surface area contributed by atoms with E-state index in [1.54, 1.807) is 7.11 Å². The van der Waals surface area contributed by atoms with Crippen molar-refractivity contribution in [1.82, 2.24) is 15.5 Å². The van der Waals surface area contributed by atoms with Crippen molar-refractivity contribution in [2.75, 3.05) is 18.2 Å². The van der Waals surface area contributed by atoms with E-state index < -0.39 is 0 Å². The van der Waals surface area contributed by atoms with Crippen molar-refractivity contribution in [3.8, 4) is 5.75 Å². The van der Waals surface area contributed by atoms with Crippen LogP contribution in [0, 0.1) is 5.92 Å². The fourth-order valence-electron chi connectivity index (χ4n) is 2.28. The van der Waals surface area contributed by atoms with Gasteiger partial charge in [-0.1, -0.05) is 49.1 Å². The van der Waals surface area contributed by atoms with Gasteiger partial charge in [0.2, 0.25) is 11.0 Å². The lowest BCUT2D eigenvalue weighted by molar-refractivity contribution is -0.119. The normalized spacial score (nSPS) is 12.0. The fourth-order valence-corrected chi connectivity index (χ4v) is 3.86. The highest BCUT2D eigenvalue weighted by molar-refractivity contribution is 8.01. The molecule has 0 fully saturated rings. The van der Waals surface area contributed by atoms with E-state index in [0.717, 1.165) is 28.6 Å². The Labute approximate surface area is 163 Å². The summed E-state index contributed by atoms with van der Waals surface area (Å²) in [6.45, 7) is 6.43. The van der Waals surface area contributed by atoms with Gasteiger partial charge in [0.05, 0.1) is 18.6 Å². The van der Waals surface area contributed by atoms with Gasteiger partial charge in [-0.3, -0.25) is 4.79 Å². The molecule has 8 heteroatoms. The van der Waals surface area contributed by atoms with Crippen LogP contribution >= 0.6 is 23.1 Å². The number of para-hydroxylation sites is 2. The Kier molecular flexibility index (Phi) is 8.18. The number of hydrogen-bond acceptors (Lipinski definition) is 7. The Morgan fingerprint density at radius 2 is 2.00 bits per heavy atom. The molecule has 0 spiro atoms. The molecular weight excluding hydrogens is 368 g/mol. The lowest BCUT2D eigenvalue weighted by Gasteiger charge is -2.14. The molecule has 1 aromatic heterocycles. The molecule has 2 rings (SSSR count). The van der Waals surface area contributed by atoms with Gasteiger partial charge in [0.15, 0.2) is 4.34 Å². The molecule has 0 bridgehead atoms. The van der Waals surface area contributed by atoms with E-state index in [4.69, 9.17) is 4.74 Å². The summed E-state index contributed by atoms with van der Waals surface area (Å²) in [5.74, 6) is 1.77. The number of carbonyl (C=O) groups excluding carboxylic acids is 1. The molecule has 0 saturated heterocycles. The van der Waals surface area contributed by atoms with E-state index in [-0.39, 0.29) is 11.9 Å². The van der Waals surface area contributed by atoms with Crippen LogP contribution in [0.4, 0.5) is 10.8 Å². The maximum atomic E-state index is 12.0. The molecule has 6 nitrogen and oxygen atoms in total. The van der Waals surface area contributed by atoms with E-state index in [0.29, 0.717) is 16.8 Å². The number of hydrogen-bond donors (Lipinski definition) is 2. The molecule has 0 saturated carbocycles. The number of anilines is 2. The van der Waals surface area contributed by atoms with Crippen molar-refractivity contribution < 1.29 is 9.53 Å². The first-order chi connectivity index (χ1) is 12.5. The first-order valence-electron chi connectivity index (χ1n) is 8.63. The Morgan fingerprint density at radius 3 is 2.73 bits per heavy atom. The lowest BCUT2D eigenvalue weighted by atomic mass is 10.0. The molecule has 142 valence electrons. The first kappa shape index (κ1) is 20.5. The minimum absolute atomic E-state index is 0.0284. The monoisotopic (exact) mass is 394 g/mol. The Balaban J connectivity index is 1.80. The number of benzene rings is 1. The van der Waals surface area contributed by atoms with Gasteiger partial charge in [0, 0.05) is 6.04 Å². The molecular formula is C18H26N4O2S2.